The van der Waals surface area contributed by atoms with Crippen LogP contribution in [0, 0.1) is 6.92 Å². The van der Waals surface area contributed by atoms with Crippen molar-refractivity contribution in [3.63, 3.8) is 0 Å². The number of hydrogen-bond donors (Lipinski definition) is 0. The van der Waals surface area contributed by atoms with E-state index in [0.29, 0.717) is 0 Å². The van der Waals surface area contributed by atoms with Crippen LogP contribution in [0.3, 0.4) is 0 Å². The third-order valence-electron chi connectivity index (χ3n) is 1.54. The zero-order valence-corrected chi connectivity index (χ0v) is 7.81. The largest absolute Gasteiger partial charge is 0.378 e. The van der Waals surface area contributed by atoms with Crippen molar-refractivity contribution in [2.45, 2.75) is 6.92 Å². The molecule has 0 aliphatic rings. The van der Waals surface area contributed by atoms with Crippen LogP contribution in [0.1, 0.15) is 5.56 Å². The minimum Gasteiger partial charge on any atom is -0.378 e. The van der Waals surface area contributed by atoms with Gasteiger partial charge in [0, 0.05) is 24.8 Å². The monoisotopic (exact) mass is 169 g/mol. The number of anilines is 1. The van der Waals surface area contributed by atoms with E-state index in [-0.39, 0.29) is 0 Å². The van der Waals surface area contributed by atoms with E-state index in [0.717, 1.165) is 10.7 Å². The second-order valence-corrected chi connectivity index (χ2v) is 3.32. The van der Waals surface area contributed by atoms with Gasteiger partial charge in [-0.15, -0.1) is 0 Å². The van der Waals surface area contributed by atoms with Gasteiger partial charge < -0.3 is 4.90 Å². The number of hydrogen-bond acceptors (Lipinski definition) is 1. The molecule has 1 aromatic carbocycles. The van der Waals surface area contributed by atoms with Gasteiger partial charge in [0.1, 0.15) is 0 Å². The molecule has 1 aromatic rings. The molecule has 60 valence electrons. The highest BCUT2D eigenvalue weighted by Gasteiger charge is 1.97. The average molecular weight is 170 g/mol. The lowest BCUT2D eigenvalue weighted by Crippen LogP contribution is -2.08. The Morgan fingerprint density at radius 1 is 1.18 bits per heavy atom. The van der Waals surface area contributed by atoms with Crippen LogP contribution >= 0.6 is 11.6 Å². The lowest BCUT2D eigenvalue weighted by molar-refractivity contribution is 1.13. The summed E-state index contributed by atoms with van der Waals surface area (Å²) in [5.41, 5.74) is 2.34. The summed E-state index contributed by atoms with van der Waals surface area (Å²) in [7, 11) is 4.01. The Balaban J connectivity index is 3.08. The Bertz CT molecular complexity index is 235. The molecule has 0 saturated carbocycles. The van der Waals surface area contributed by atoms with Crippen molar-refractivity contribution in [3.05, 3.63) is 28.8 Å². The fraction of sp³-hybridized carbons (Fsp3) is 0.333. The van der Waals surface area contributed by atoms with E-state index >= 15 is 0 Å². The highest BCUT2D eigenvalue weighted by atomic mass is 35.5. The van der Waals surface area contributed by atoms with Crippen molar-refractivity contribution in [2.24, 2.45) is 0 Å². The molecule has 1 rings (SSSR count). The number of rotatable bonds is 1. The predicted molar refractivity (Wildman–Crippen MR) is 50.5 cm³/mol. The van der Waals surface area contributed by atoms with E-state index in [4.69, 9.17) is 11.6 Å². The molecule has 0 radical (unpaired) electrons. The summed E-state index contributed by atoms with van der Waals surface area (Å²) < 4.78 is 0. The van der Waals surface area contributed by atoms with Crippen LogP contribution in [0.5, 0.6) is 0 Å². The molecular weight excluding hydrogens is 158 g/mol. The Hall–Kier alpha value is -0.690. The van der Waals surface area contributed by atoms with Crippen molar-refractivity contribution in [1.29, 1.82) is 0 Å². The summed E-state index contributed by atoms with van der Waals surface area (Å²) in [6.45, 7) is 2.04. The quantitative estimate of drug-likeness (QED) is 0.625. The van der Waals surface area contributed by atoms with Gasteiger partial charge in [-0.3, -0.25) is 0 Å². The van der Waals surface area contributed by atoms with Crippen LogP contribution in [0.4, 0.5) is 5.69 Å². The second-order valence-electron chi connectivity index (χ2n) is 2.88. The van der Waals surface area contributed by atoms with Crippen LogP contribution in [-0.4, -0.2) is 14.1 Å². The molecule has 0 spiro atoms. The van der Waals surface area contributed by atoms with Crippen LogP contribution < -0.4 is 4.90 Å². The fourth-order valence-corrected chi connectivity index (χ4v) is 1.26. The van der Waals surface area contributed by atoms with Gasteiger partial charge in [0.15, 0.2) is 0 Å². The summed E-state index contributed by atoms with van der Waals surface area (Å²) in [6.07, 6.45) is 0. The summed E-state index contributed by atoms with van der Waals surface area (Å²) in [5.74, 6) is 0. The standard InChI is InChI=1S/C9H12ClN/c1-7-4-8(10)6-9(5-7)11(2)3/h4-6H,1-3H3. The third kappa shape index (κ3) is 2.12. The lowest BCUT2D eigenvalue weighted by atomic mass is 10.2. The Labute approximate surface area is 72.6 Å². The molecule has 2 heteroatoms. The van der Waals surface area contributed by atoms with Crippen LogP contribution in [0.15, 0.2) is 18.2 Å². The fourth-order valence-electron chi connectivity index (χ4n) is 0.975. The molecule has 0 heterocycles. The Kier molecular flexibility index (Phi) is 2.40. The van der Waals surface area contributed by atoms with Gasteiger partial charge in [0.25, 0.3) is 0 Å². The van der Waals surface area contributed by atoms with Crippen LogP contribution in [0.25, 0.3) is 0 Å². The first-order valence-electron chi connectivity index (χ1n) is 3.54. The summed E-state index contributed by atoms with van der Waals surface area (Å²) in [6, 6.07) is 6.01. The highest BCUT2D eigenvalue weighted by Crippen LogP contribution is 2.19. The smallest absolute Gasteiger partial charge is 0.0429 e. The maximum Gasteiger partial charge on any atom is 0.0429 e. The van der Waals surface area contributed by atoms with E-state index in [1.807, 2.05) is 38.1 Å². The zero-order valence-electron chi connectivity index (χ0n) is 7.06. The van der Waals surface area contributed by atoms with Crippen molar-refractivity contribution in [3.8, 4) is 0 Å². The maximum atomic E-state index is 5.87. The van der Waals surface area contributed by atoms with Gasteiger partial charge in [-0.1, -0.05) is 11.6 Å². The summed E-state index contributed by atoms with van der Waals surface area (Å²) in [5, 5.41) is 0.800. The van der Waals surface area contributed by atoms with Crippen LogP contribution in [0.2, 0.25) is 5.02 Å². The maximum absolute atomic E-state index is 5.87. The Morgan fingerprint density at radius 2 is 1.82 bits per heavy atom. The van der Waals surface area contributed by atoms with Gasteiger partial charge in [-0.05, 0) is 30.7 Å². The molecule has 0 aliphatic heterocycles. The van der Waals surface area contributed by atoms with E-state index in [1.165, 1.54) is 5.56 Å². The van der Waals surface area contributed by atoms with E-state index in [9.17, 15) is 0 Å². The van der Waals surface area contributed by atoms with E-state index in [2.05, 4.69) is 6.07 Å². The minimum atomic E-state index is 0.800. The first-order valence-corrected chi connectivity index (χ1v) is 3.92. The minimum absolute atomic E-state index is 0.800. The highest BCUT2D eigenvalue weighted by molar-refractivity contribution is 6.30. The molecule has 0 amide bonds. The first kappa shape index (κ1) is 8.41. The number of nitrogens with zero attached hydrogens (tertiary/aromatic N) is 1. The van der Waals surface area contributed by atoms with E-state index in [1.54, 1.807) is 0 Å². The third-order valence-corrected chi connectivity index (χ3v) is 1.76. The lowest BCUT2D eigenvalue weighted by Gasteiger charge is -2.13. The number of halogens is 1. The molecule has 0 aliphatic carbocycles. The van der Waals surface area contributed by atoms with Gasteiger partial charge in [0.05, 0.1) is 0 Å². The first-order chi connectivity index (χ1) is 5.09. The number of aryl methyl sites for hydroxylation is 1. The Morgan fingerprint density at radius 3 is 2.27 bits per heavy atom. The van der Waals surface area contributed by atoms with Crippen molar-refractivity contribution >= 4 is 17.3 Å². The zero-order chi connectivity index (χ0) is 8.43. The SMILES string of the molecule is Cc1cc(Cl)cc(N(C)C)c1. The van der Waals surface area contributed by atoms with Crippen molar-refractivity contribution in [1.82, 2.24) is 0 Å². The van der Waals surface area contributed by atoms with Gasteiger partial charge in [-0.25, -0.2) is 0 Å². The van der Waals surface area contributed by atoms with Gasteiger partial charge >= 0.3 is 0 Å². The van der Waals surface area contributed by atoms with Gasteiger partial charge in [-0.2, -0.15) is 0 Å². The van der Waals surface area contributed by atoms with Crippen molar-refractivity contribution in [2.75, 3.05) is 19.0 Å². The molecule has 0 saturated heterocycles. The molecule has 0 aromatic heterocycles. The molecule has 0 atom stereocenters. The molecule has 0 fully saturated rings. The second kappa shape index (κ2) is 3.14. The molecule has 0 N–H and O–H groups in total. The average Bonchev–Trinajstić information content (AvgIpc) is 1.85. The normalized spacial score (nSPS) is 9.82. The molecule has 1 nitrogen and oxygen atoms in total. The molecular formula is C9H12ClN. The summed E-state index contributed by atoms with van der Waals surface area (Å²) >= 11 is 5.87. The predicted octanol–water partition coefficient (Wildman–Crippen LogP) is 2.71. The van der Waals surface area contributed by atoms with Crippen LogP contribution in [-0.2, 0) is 0 Å². The topological polar surface area (TPSA) is 3.24 Å². The summed E-state index contributed by atoms with van der Waals surface area (Å²) in [4.78, 5) is 2.04. The van der Waals surface area contributed by atoms with Gasteiger partial charge in [0.2, 0.25) is 0 Å². The van der Waals surface area contributed by atoms with Crippen molar-refractivity contribution < 1.29 is 0 Å². The number of benzene rings is 1. The molecule has 0 bridgehead atoms. The molecule has 11 heavy (non-hydrogen) atoms. The van der Waals surface area contributed by atoms with E-state index < -0.39 is 0 Å². The molecule has 0 unspecified atom stereocenters.